The number of aryl methyl sites for hydroxylation is 1. The maximum atomic E-state index is 13.0. The molecule has 0 radical (unpaired) electrons. The van der Waals surface area contributed by atoms with Gasteiger partial charge in [-0.2, -0.15) is 0 Å². The van der Waals surface area contributed by atoms with Gasteiger partial charge in [-0.1, -0.05) is 18.2 Å². The number of nitrogens with two attached hydrogens (primary N) is 1. The molecule has 1 fully saturated rings. The summed E-state index contributed by atoms with van der Waals surface area (Å²) >= 11 is 0. The van der Waals surface area contributed by atoms with Crippen LogP contribution in [0, 0.1) is 6.92 Å². The van der Waals surface area contributed by atoms with Crippen LogP contribution < -0.4 is 15.4 Å². The summed E-state index contributed by atoms with van der Waals surface area (Å²) in [7, 11) is -3.82. The van der Waals surface area contributed by atoms with Crippen molar-refractivity contribution >= 4 is 39.6 Å². The zero-order valence-electron chi connectivity index (χ0n) is 16.7. The first kappa shape index (κ1) is 21.2. The summed E-state index contributed by atoms with van der Waals surface area (Å²) in [5.41, 5.74) is 1.35. The second-order valence-electron chi connectivity index (χ2n) is 7.02. The smallest absolute Gasteiger partial charge is 0.335 e. The zero-order chi connectivity index (χ0) is 23.0. The number of barbiturate groups is 1. The number of nitrogens with one attached hydrogen (secondary N) is 1. The summed E-state index contributed by atoms with van der Waals surface area (Å²) in [4.78, 5) is 38.5. The SMILES string of the molecule is Cc1ccccc1N1C(=O)NC(=O)/C(=C/c2ccc(-c3ccc(S(N)(=O)=O)cc3)o2)C1=O. The molecule has 0 spiro atoms. The first-order valence-corrected chi connectivity index (χ1v) is 10.9. The third kappa shape index (κ3) is 3.96. The maximum absolute atomic E-state index is 13.0. The number of furan rings is 1. The highest BCUT2D eigenvalue weighted by atomic mass is 32.2. The topological polar surface area (TPSA) is 140 Å². The van der Waals surface area contributed by atoms with Gasteiger partial charge in [-0.3, -0.25) is 14.9 Å². The average Bonchev–Trinajstić information content (AvgIpc) is 3.20. The number of hydrogen-bond donors (Lipinski definition) is 2. The van der Waals surface area contributed by atoms with Gasteiger partial charge in [0.15, 0.2) is 0 Å². The van der Waals surface area contributed by atoms with Crippen LogP contribution in [0.5, 0.6) is 0 Å². The predicted molar refractivity (Wildman–Crippen MR) is 116 cm³/mol. The van der Waals surface area contributed by atoms with Crippen LogP contribution in [0.25, 0.3) is 17.4 Å². The molecule has 32 heavy (non-hydrogen) atoms. The number of primary sulfonamides is 1. The Morgan fingerprint density at radius 1 is 0.969 bits per heavy atom. The van der Waals surface area contributed by atoms with Gasteiger partial charge in [0, 0.05) is 5.56 Å². The second-order valence-corrected chi connectivity index (χ2v) is 8.58. The van der Waals surface area contributed by atoms with E-state index in [9.17, 15) is 22.8 Å². The van der Waals surface area contributed by atoms with Gasteiger partial charge in [0.2, 0.25) is 10.0 Å². The van der Waals surface area contributed by atoms with Crippen molar-refractivity contribution in [3.8, 4) is 11.3 Å². The van der Waals surface area contributed by atoms with Crippen molar-refractivity contribution in [3.05, 3.63) is 77.6 Å². The number of amides is 4. The van der Waals surface area contributed by atoms with Crippen molar-refractivity contribution in [3.63, 3.8) is 0 Å². The standard InChI is InChI=1S/C22H17N3O6S/c1-13-4-2-3-5-18(13)25-21(27)17(20(26)24-22(25)28)12-15-8-11-19(31-15)14-6-9-16(10-7-14)32(23,29)30/h2-12H,1H3,(H2,23,29,30)(H,24,26,28)/b17-12-. The number of nitrogens with zero attached hydrogens (tertiary/aromatic N) is 1. The quantitative estimate of drug-likeness (QED) is 0.462. The Morgan fingerprint density at radius 2 is 1.66 bits per heavy atom. The van der Waals surface area contributed by atoms with Gasteiger partial charge in [0.25, 0.3) is 11.8 Å². The molecule has 2 heterocycles. The lowest BCUT2D eigenvalue weighted by molar-refractivity contribution is -0.122. The number of rotatable bonds is 4. The van der Waals surface area contributed by atoms with E-state index >= 15 is 0 Å². The van der Waals surface area contributed by atoms with E-state index in [1.807, 2.05) is 0 Å². The Bertz CT molecular complexity index is 1390. The number of hydrogen-bond acceptors (Lipinski definition) is 6. The Hall–Kier alpha value is -4.02. The van der Waals surface area contributed by atoms with Gasteiger partial charge in [-0.25, -0.2) is 23.3 Å². The van der Waals surface area contributed by atoms with Crippen LogP contribution in [0.2, 0.25) is 0 Å². The van der Waals surface area contributed by atoms with Crippen LogP contribution in [0.1, 0.15) is 11.3 Å². The molecule has 0 aliphatic carbocycles. The van der Waals surface area contributed by atoms with E-state index < -0.39 is 27.9 Å². The van der Waals surface area contributed by atoms with E-state index in [0.29, 0.717) is 22.6 Å². The molecule has 0 atom stereocenters. The molecule has 4 rings (SSSR count). The number of sulfonamides is 1. The van der Waals surface area contributed by atoms with Gasteiger partial charge in [0.05, 0.1) is 10.6 Å². The lowest BCUT2D eigenvalue weighted by Gasteiger charge is -2.27. The molecular formula is C22H17N3O6S. The minimum absolute atomic E-state index is 0.0411. The van der Waals surface area contributed by atoms with E-state index in [2.05, 4.69) is 5.32 Å². The molecule has 3 aromatic rings. The van der Waals surface area contributed by atoms with Crippen molar-refractivity contribution in [1.29, 1.82) is 0 Å². The molecule has 0 unspecified atom stereocenters. The van der Waals surface area contributed by atoms with Crippen molar-refractivity contribution in [2.24, 2.45) is 5.14 Å². The number of para-hydroxylation sites is 1. The first-order valence-electron chi connectivity index (χ1n) is 9.35. The van der Waals surface area contributed by atoms with Gasteiger partial charge in [-0.05, 0) is 61.0 Å². The fourth-order valence-electron chi connectivity index (χ4n) is 3.23. The summed E-state index contributed by atoms with van der Waals surface area (Å²) in [6.07, 6.45) is 1.25. The van der Waals surface area contributed by atoms with Crippen molar-refractivity contribution in [2.45, 2.75) is 11.8 Å². The molecular weight excluding hydrogens is 434 g/mol. The Morgan fingerprint density at radius 3 is 2.31 bits per heavy atom. The van der Waals surface area contributed by atoms with Crippen molar-refractivity contribution < 1.29 is 27.2 Å². The molecule has 1 aromatic heterocycles. The van der Waals surface area contributed by atoms with Crippen LogP contribution in [0.15, 0.2) is 75.5 Å². The van der Waals surface area contributed by atoms with E-state index in [1.165, 1.54) is 30.3 Å². The number of urea groups is 1. The van der Waals surface area contributed by atoms with Crippen molar-refractivity contribution in [1.82, 2.24) is 5.32 Å². The molecule has 9 nitrogen and oxygen atoms in total. The lowest BCUT2D eigenvalue weighted by Crippen LogP contribution is -2.54. The average molecular weight is 451 g/mol. The molecule has 0 bridgehead atoms. The Labute approximate surface area is 183 Å². The first-order chi connectivity index (χ1) is 15.1. The number of carbonyl (C=O) groups is 3. The van der Waals surface area contributed by atoms with Crippen LogP contribution in [0.3, 0.4) is 0 Å². The minimum atomic E-state index is -3.82. The highest BCUT2D eigenvalue weighted by Gasteiger charge is 2.37. The monoisotopic (exact) mass is 451 g/mol. The van der Waals surface area contributed by atoms with Gasteiger partial charge in [0.1, 0.15) is 17.1 Å². The third-order valence-corrected chi connectivity index (χ3v) is 5.77. The van der Waals surface area contributed by atoms with Crippen LogP contribution in [0.4, 0.5) is 10.5 Å². The molecule has 10 heteroatoms. The second kappa shape index (κ2) is 7.91. The highest BCUT2D eigenvalue weighted by molar-refractivity contribution is 7.89. The van der Waals surface area contributed by atoms with Gasteiger partial charge < -0.3 is 4.42 Å². The van der Waals surface area contributed by atoms with Crippen LogP contribution in [-0.4, -0.2) is 26.3 Å². The summed E-state index contributed by atoms with van der Waals surface area (Å²) in [5, 5.41) is 7.26. The normalized spacial score (nSPS) is 15.9. The van der Waals surface area contributed by atoms with Gasteiger partial charge in [-0.15, -0.1) is 0 Å². The number of anilines is 1. The molecule has 1 aliphatic rings. The molecule has 162 valence electrons. The Balaban J connectivity index is 1.66. The Kier molecular flexibility index (Phi) is 5.25. The van der Waals surface area contributed by atoms with E-state index in [1.54, 1.807) is 43.3 Å². The number of imide groups is 2. The van der Waals surface area contributed by atoms with E-state index in [4.69, 9.17) is 9.56 Å². The highest BCUT2D eigenvalue weighted by Crippen LogP contribution is 2.27. The van der Waals surface area contributed by atoms with E-state index in [-0.39, 0.29) is 16.2 Å². The fourth-order valence-corrected chi connectivity index (χ4v) is 3.74. The number of benzene rings is 2. The minimum Gasteiger partial charge on any atom is -0.457 e. The summed E-state index contributed by atoms with van der Waals surface area (Å²) < 4.78 is 28.5. The molecule has 2 aromatic carbocycles. The fraction of sp³-hybridized carbons (Fsp3) is 0.0455. The molecule has 1 saturated heterocycles. The van der Waals surface area contributed by atoms with Crippen LogP contribution >= 0.6 is 0 Å². The van der Waals surface area contributed by atoms with Crippen molar-refractivity contribution in [2.75, 3.05) is 4.90 Å². The van der Waals surface area contributed by atoms with Crippen LogP contribution in [-0.2, 0) is 19.6 Å². The largest absolute Gasteiger partial charge is 0.457 e. The predicted octanol–water partition coefficient (Wildman–Crippen LogP) is 2.57. The summed E-state index contributed by atoms with van der Waals surface area (Å²) in [6, 6.07) is 14.9. The maximum Gasteiger partial charge on any atom is 0.335 e. The van der Waals surface area contributed by atoms with E-state index in [0.717, 1.165) is 4.90 Å². The summed E-state index contributed by atoms with van der Waals surface area (Å²) in [6.45, 7) is 1.75. The summed E-state index contributed by atoms with van der Waals surface area (Å²) in [5.74, 6) is -1.02. The lowest BCUT2D eigenvalue weighted by atomic mass is 10.1. The molecule has 1 aliphatic heterocycles. The third-order valence-electron chi connectivity index (χ3n) is 4.84. The molecule has 4 amide bonds. The van der Waals surface area contributed by atoms with Gasteiger partial charge >= 0.3 is 6.03 Å². The molecule has 0 saturated carbocycles. The molecule has 3 N–H and O–H groups in total. The zero-order valence-corrected chi connectivity index (χ0v) is 17.5. The number of carbonyl (C=O) groups excluding carboxylic acids is 3.